The molecule has 0 unspecified atom stereocenters. The average Bonchev–Trinajstić information content (AvgIpc) is 2.98. The Bertz CT molecular complexity index is 1370. The molecule has 0 aliphatic heterocycles. The molecule has 0 aromatic heterocycles. The fourth-order valence-corrected chi connectivity index (χ4v) is 5.03. The van der Waals surface area contributed by atoms with Crippen LogP contribution in [0, 0.1) is 0 Å². The highest BCUT2D eigenvalue weighted by atomic mass is 16.3. The molecule has 1 N–H and O–H groups in total. The van der Waals surface area contributed by atoms with Crippen molar-refractivity contribution < 1.29 is 5.11 Å². The van der Waals surface area contributed by atoms with Crippen LogP contribution in [0.4, 0.5) is 0 Å². The Labute approximate surface area is 188 Å². The van der Waals surface area contributed by atoms with E-state index in [1.165, 1.54) is 0 Å². The first kappa shape index (κ1) is 18.8. The zero-order valence-electron chi connectivity index (χ0n) is 17.6. The van der Waals surface area contributed by atoms with Crippen molar-refractivity contribution in [2.75, 3.05) is 0 Å². The van der Waals surface area contributed by atoms with E-state index in [-0.39, 0.29) is 0 Å². The second-order valence-corrected chi connectivity index (χ2v) is 8.29. The zero-order chi connectivity index (χ0) is 21.5. The van der Waals surface area contributed by atoms with Gasteiger partial charge in [-0.3, -0.25) is 0 Å². The third-order valence-corrected chi connectivity index (χ3v) is 6.53. The number of hydrogen-bond donors (Lipinski definition) is 1. The minimum atomic E-state index is -1.28. The predicted molar refractivity (Wildman–Crippen MR) is 131 cm³/mol. The average molecular weight is 411 g/mol. The van der Waals surface area contributed by atoms with Crippen molar-refractivity contribution >= 4 is 0 Å². The molecule has 152 valence electrons. The molecule has 5 aromatic carbocycles. The quantitative estimate of drug-likeness (QED) is 0.324. The molecule has 0 spiro atoms. The summed E-state index contributed by atoms with van der Waals surface area (Å²) in [5.74, 6) is 0. The van der Waals surface area contributed by atoms with Gasteiger partial charge in [-0.05, 0) is 45.0 Å². The van der Waals surface area contributed by atoms with E-state index >= 15 is 0 Å². The highest BCUT2D eigenvalue weighted by molar-refractivity contribution is 5.90. The van der Waals surface area contributed by atoms with E-state index in [0.717, 1.165) is 50.1 Å². The molecular formula is C31H22O. The van der Waals surface area contributed by atoms with Crippen molar-refractivity contribution in [3.05, 3.63) is 144 Å². The van der Waals surface area contributed by atoms with Gasteiger partial charge in [0.25, 0.3) is 0 Å². The Balaban J connectivity index is 1.70. The molecule has 6 rings (SSSR count). The Hall–Kier alpha value is -3.94. The lowest BCUT2D eigenvalue weighted by Gasteiger charge is -2.32. The molecular weight excluding hydrogens is 388 g/mol. The normalized spacial score (nSPS) is 13.4. The number of hydrogen-bond acceptors (Lipinski definition) is 1. The molecule has 1 heteroatoms. The summed E-state index contributed by atoms with van der Waals surface area (Å²) < 4.78 is 0. The van der Waals surface area contributed by atoms with Crippen molar-refractivity contribution in [1.29, 1.82) is 0 Å². The summed E-state index contributed by atoms with van der Waals surface area (Å²) in [5, 5.41) is 12.7. The molecule has 0 bridgehead atoms. The van der Waals surface area contributed by atoms with E-state index in [0.29, 0.717) is 0 Å². The number of rotatable bonds is 2. The molecule has 0 fully saturated rings. The Morgan fingerprint density at radius 3 is 1.47 bits per heavy atom. The molecule has 0 heterocycles. The van der Waals surface area contributed by atoms with Crippen molar-refractivity contribution in [3.8, 4) is 33.4 Å². The van der Waals surface area contributed by atoms with Gasteiger partial charge in [0, 0.05) is 11.1 Å². The maximum absolute atomic E-state index is 12.7. The molecule has 1 aliphatic carbocycles. The van der Waals surface area contributed by atoms with Gasteiger partial charge in [0.15, 0.2) is 0 Å². The van der Waals surface area contributed by atoms with E-state index in [1.807, 2.05) is 54.6 Å². The number of benzene rings is 5. The summed E-state index contributed by atoms with van der Waals surface area (Å²) in [5.41, 5.74) is 8.04. The number of aliphatic hydroxyl groups is 1. The molecule has 32 heavy (non-hydrogen) atoms. The fourth-order valence-electron chi connectivity index (χ4n) is 5.03. The molecule has 0 radical (unpaired) electrons. The van der Waals surface area contributed by atoms with Gasteiger partial charge in [0.2, 0.25) is 0 Å². The van der Waals surface area contributed by atoms with Gasteiger partial charge in [-0.15, -0.1) is 0 Å². The first-order chi connectivity index (χ1) is 15.8. The smallest absolute Gasteiger partial charge is 0.141 e. The Morgan fingerprint density at radius 2 is 0.875 bits per heavy atom. The van der Waals surface area contributed by atoms with Gasteiger partial charge in [0.05, 0.1) is 0 Å². The van der Waals surface area contributed by atoms with E-state index in [9.17, 15) is 5.11 Å². The highest BCUT2D eigenvalue weighted by Gasteiger charge is 2.40. The summed E-state index contributed by atoms with van der Waals surface area (Å²) in [6, 6.07) is 43.5. The summed E-state index contributed by atoms with van der Waals surface area (Å²) in [7, 11) is 0. The predicted octanol–water partition coefficient (Wildman–Crippen LogP) is 7.29. The van der Waals surface area contributed by atoms with Crippen LogP contribution in [-0.2, 0) is 5.60 Å². The van der Waals surface area contributed by atoms with Gasteiger partial charge in [-0.25, -0.2) is 0 Å². The Morgan fingerprint density at radius 1 is 0.406 bits per heavy atom. The largest absolute Gasteiger partial charge is 0.376 e. The lowest BCUT2D eigenvalue weighted by molar-refractivity contribution is 0.127. The maximum Gasteiger partial charge on any atom is 0.141 e. The molecule has 1 aliphatic rings. The van der Waals surface area contributed by atoms with E-state index < -0.39 is 5.60 Å². The fraction of sp³-hybridized carbons (Fsp3) is 0.0323. The van der Waals surface area contributed by atoms with Gasteiger partial charge in [-0.2, -0.15) is 0 Å². The van der Waals surface area contributed by atoms with Crippen LogP contribution >= 0.6 is 0 Å². The van der Waals surface area contributed by atoms with Gasteiger partial charge in [0.1, 0.15) is 5.60 Å². The van der Waals surface area contributed by atoms with Gasteiger partial charge in [-0.1, -0.05) is 121 Å². The lowest BCUT2D eigenvalue weighted by Crippen LogP contribution is -2.29. The molecule has 5 aromatic rings. The van der Waals surface area contributed by atoms with Crippen LogP contribution in [0.15, 0.2) is 127 Å². The monoisotopic (exact) mass is 410 g/mol. The minimum Gasteiger partial charge on any atom is -0.376 e. The van der Waals surface area contributed by atoms with Crippen LogP contribution in [0.1, 0.15) is 16.7 Å². The molecule has 0 saturated carbocycles. The summed E-state index contributed by atoms with van der Waals surface area (Å²) >= 11 is 0. The SMILES string of the molecule is OC1(c2cccc(-c3ccccc3)c2)c2ccccc2-c2ccccc2-c2ccccc21. The van der Waals surface area contributed by atoms with Gasteiger partial charge < -0.3 is 5.11 Å². The van der Waals surface area contributed by atoms with Crippen LogP contribution in [0.3, 0.4) is 0 Å². The topological polar surface area (TPSA) is 20.2 Å². The van der Waals surface area contributed by atoms with Crippen LogP contribution in [0.25, 0.3) is 33.4 Å². The minimum absolute atomic E-state index is 0.867. The first-order valence-corrected chi connectivity index (χ1v) is 10.9. The second-order valence-electron chi connectivity index (χ2n) is 8.29. The molecule has 0 amide bonds. The van der Waals surface area contributed by atoms with E-state index in [1.54, 1.807) is 0 Å². The summed E-state index contributed by atoms with van der Waals surface area (Å²) in [6.07, 6.45) is 0. The second kappa shape index (κ2) is 7.33. The Kier molecular flexibility index (Phi) is 4.31. The third-order valence-electron chi connectivity index (χ3n) is 6.53. The van der Waals surface area contributed by atoms with Crippen LogP contribution in [0.5, 0.6) is 0 Å². The molecule has 0 saturated heterocycles. The molecule has 0 atom stereocenters. The molecule has 1 nitrogen and oxygen atoms in total. The number of fused-ring (bicyclic) bond motifs is 5. The van der Waals surface area contributed by atoms with Gasteiger partial charge >= 0.3 is 0 Å². The first-order valence-electron chi connectivity index (χ1n) is 10.9. The third kappa shape index (κ3) is 2.76. The van der Waals surface area contributed by atoms with Crippen molar-refractivity contribution in [1.82, 2.24) is 0 Å². The summed E-state index contributed by atoms with van der Waals surface area (Å²) in [4.78, 5) is 0. The van der Waals surface area contributed by atoms with E-state index in [2.05, 4.69) is 72.8 Å². The highest BCUT2D eigenvalue weighted by Crippen LogP contribution is 2.50. The maximum atomic E-state index is 12.7. The van der Waals surface area contributed by atoms with Crippen molar-refractivity contribution in [2.45, 2.75) is 5.60 Å². The van der Waals surface area contributed by atoms with Crippen LogP contribution in [0.2, 0.25) is 0 Å². The lowest BCUT2D eigenvalue weighted by atomic mass is 9.77. The van der Waals surface area contributed by atoms with Crippen LogP contribution < -0.4 is 0 Å². The van der Waals surface area contributed by atoms with Crippen LogP contribution in [-0.4, -0.2) is 5.11 Å². The van der Waals surface area contributed by atoms with Crippen molar-refractivity contribution in [3.63, 3.8) is 0 Å². The standard InChI is InChI=1S/C31H22O/c32-31(24-14-10-13-23(21-24)22-11-2-1-3-12-22)29-19-8-6-17-27(29)25-15-4-5-16-26(25)28-18-7-9-20-30(28)31/h1-21,32H. The summed E-state index contributed by atoms with van der Waals surface area (Å²) in [6.45, 7) is 0. The van der Waals surface area contributed by atoms with Crippen molar-refractivity contribution in [2.24, 2.45) is 0 Å². The zero-order valence-corrected chi connectivity index (χ0v) is 17.6. The van der Waals surface area contributed by atoms with E-state index in [4.69, 9.17) is 0 Å².